The van der Waals surface area contributed by atoms with E-state index in [1.54, 1.807) is 6.08 Å². The van der Waals surface area contributed by atoms with Crippen LogP contribution in [-0.4, -0.2) is 38.6 Å². The Balaban J connectivity index is 1.83. The first-order valence-electron chi connectivity index (χ1n) is 7.13. The molecular formula is C16H19ClN2O3. The Bertz CT molecular complexity index is 574. The topological polar surface area (TPSA) is 58.6 Å². The number of nitrogens with one attached hydrogen (secondary N) is 1. The Morgan fingerprint density at radius 2 is 2.23 bits per heavy atom. The molecule has 0 aromatic heterocycles. The van der Waals surface area contributed by atoms with Crippen molar-refractivity contribution in [3.05, 3.63) is 41.4 Å². The fourth-order valence-corrected chi connectivity index (χ4v) is 2.68. The van der Waals surface area contributed by atoms with Crippen LogP contribution in [0.25, 0.3) is 0 Å². The van der Waals surface area contributed by atoms with Crippen LogP contribution >= 0.6 is 11.6 Å². The Kier molecular flexibility index (Phi) is 5.83. The van der Waals surface area contributed by atoms with Gasteiger partial charge in [0.1, 0.15) is 0 Å². The molecule has 2 rings (SSSR count). The van der Waals surface area contributed by atoms with Crippen molar-refractivity contribution in [2.24, 2.45) is 5.92 Å². The summed E-state index contributed by atoms with van der Waals surface area (Å²) in [4.78, 5) is 25.1. The molecule has 1 fully saturated rings. The van der Waals surface area contributed by atoms with Crippen LogP contribution in [0.3, 0.4) is 0 Å². The van der Waals surface area contributed by atoms with Crippen LogP contribution < -0.4 is 10.2 Å². The van der Waals surface area contributed by atoms with Crippen molar-refractivity contribution < 1.29 is 14.3 Å². The maximum Gasteiger partial charge on any atom is 0.330 e. The second kappa shape index (κ2) is 7.84. The van der Waals surface area contributed by atoms with E-state index in [4.69, 9.17) is 11.6 Å². The average molecular weight is 323 g/mol. The van der Waals surface area contributed by atoms with Crippen molar-refractivity contribution in [1.29, 1.82) is 0 Å². The van der Waals surface area contributed by atoms with Gasteiger partial charge in [-0.2, -0.15) is 0 Å². The number of hydrogen-bond donors (Lipinski definition) is 1. The molecule has 1 saturated heterocycles. The van der Waals surface area contributed by atoms with Gasteiger partial charge in [-0.15, -0.1) is 0 Å². The highest BCUT2D eigenvalue weighted by Crippen LogP contribution is 2.30. The summed E-state index contributed by atoms with van der Waals surface area (Å²) in [5.74, 6) is -0.508. The van der Waals surface area contributed by atoms with Crippen LogP contribution in [0.1, 0.15) is 6.42 Å². The summed E-state index contributed by atoms with van der Waals surface area (Å²) in [5, 5.41) is 3.50. The highest BCUT2D eigenvalue weighted by molar-refractivity contribution is 6.33. The molecule has 1 heterocycles. The number of hydrogen-bond acceptors (Lipinski definition) is 4. The van der Waals surface area contributed by atoms with E-state index in [-0.39, 0.29) is 11.8 Å². The lowest BCUT2D eigenvalue weighted by Gasteiger charge is -2.19. The fraction of sp³-hybridized carbons (Fsp3) is 0.375. The first-order valence-corrected chi connectivity index (χ1v) is 7.51. The van der Waals surface area contributed by atoms with Gasteiger partial charge in [-0.25, -0.2) is 4.79 Å². The van der Waals surface area contributed by atoms with Crippen LogP contribution in [0.5, 0.6) is 0 Å². The smallest absolute Gasteiger partial charge is 0.330 e. The molecule has 0 bridgehead atoms. The number of benzene rings is 1. The lowest BCUT2D eigenvalue weighted by molar-refractivity contribution is -0.134. The Labute approximate surface area is 134 Å². The van der Waals surface area contributed by atoms with Gasteiger partial charge in [-0.1, -0.05) is 29.8 Å². The lowest BCUT2D eigenvalue weighted by atomic mass is 10.1. The van der Waals surface area contributed by atoms with Crippen LogP contribution in [0, 0.1) is 5.92 Å². The molecular weight excluding hydrogens is 304 g/mol. The summed E-state index contributed by atoms with van der Waals surface area (Å²) >= 11 is 6.18. The third-order valence-electron chi connectivity index (χ3n) is 3.60. The zero-order valence-electron chi connectivity index (χ0n) is 12.4. The highest BCUT2D eigenvalue weighted by atomic mass is 35.5. The van der Waals surface area contributed by atoms with Crippen LogP contribution in [0.2, 0.25) is 5.02 Å². The molecule has 1 aliphatic heterocycles. The minimum absolute atomic E-state index is 0.0101. The van der Waals surface area contributed by atoms with E-state index in [1.807, 2.05) is 24.3 Å². The SMILES string of the molecule is COC(=O)/C=C/CNC(=O)C1CCN(c2ccccc2Cl)C1. The molecule has 22 heavy (non-hydrogen) atoms. The van der Waals surface area contributed by atoms with Crippen molar-refractivity contribution in [2.45, 2.75) is 6.42 Å². The van der Waals surface area contributed by atoms with Crippen molar-refractivity contribution >= 4 is 29.2 Å². The van der Waals surface area contributed by atoms with E-state index >= 15 is 0 Å². The molecule has 1 N–H and O–H groups in total. The Hall–Kier alpha value is -2.01. The first-order chi connectivity index (χ1) is 10.6. The van der Waals surface area contributed by atoms with E-state index in [0.717, 1.165) is 18.7 Å². The zero-order chi connectivity index (χ0) is 15.9. The Morgan fingerprint density at radius 3 is 2.95 bits per heavy atom. The predicted molar refractivity (Wildman–Crippen MR) is 85.9 cm³/mol. The molecule has 0 aliphatic carbocycles. The number of carbonyl (C=O) groups excluding carboxylic acids is 2. The number of esters is 1. The lowest BCUT2D eigenvalue weighted by Crippen LogP contribution is -2.33. The predicted octanol–water partition coefficient (Wildman–Crippen LogP) is 2.01. The van der Waals surface area contributed by atoms with Gasteiger partial charge in [0.25, 0.3) is 0 Å². The molecule has 1 unspecified atom stereocenters. The second-order valence-corrected chi connectivity index (χ2v) is 5.46. The molecule has 0 spiro atoms. The molecule has 5 nitrogen and oxygen atoms in total. The third-order valence-corrected chi connectivity index (χ3v) is 3.92. The number of nitrogens with zero attached hydrogens (tertiary/aromatic N) is 1. The summed E-state index contributed by atoms with van der Waals surface area (Å²) in [6.07, 6.45) is 3.66. The minimum Gasteiger partial charge on any atom is -0.466 e. The van der Waals surface area contributed by atoms with E-state index in [1.165, 1.54) is 13.2 Å². The normalized spacial score (nSPS) is 17.7. The number of carbonyl (C=O) groups is 2. The maximum absolute atomic E-state index is 12.1. The summed E-state index contributed by atoms with van der Waals surface area (Å²) in [6.45, 7) is 1.77. The van der Waals surface area contributed by atoms with Gasteiger partial charge in [-0.3, -0.25) is 4.79 Å². The minimum atomic E-state index is -0.431. The number of ether oxygens (including phenoxy) is 1. The van der Waals surface area contributed by atoms with Gasteiger partial charge < -0.3 is 15.0 Å². The monoisotopic (exact) mass is 322 g/mol. The molecule has 1 aliphatic rings. The van der Waals surface area contributed by atoms with E-state index in [9.17, 15) is 9.59 Å². The molecule has 0 saturated carbocycles. The average Bonchev–Trinajstić information content (AvgIpc) is 3.01. The fourth-order valence-electron chi connectivity index (χ4n) is 2.43. The number of halogens is 1. The van der Waals surface area contributed by atoms with Gasteiger partial charge in [-0.05, 0) is 18.6 Å². The second-order valence-electron chi connectivity index (χ2n) is 5.05. The van der Waals surface area contributed by atoms with E-state index in [0.29, 0.717) is 18.1 Å². The summed E-state index contributed by atoms with van der Waals surface area (Å²) in [7, 11) is 1.31. The van der Waals surface area contributed by atoms with Crippen LogP contribution in [0.4, 0.5) is 5.69 Å². The first kappa shape index (κ1) is 16.4. The summed E-state index contributed by atoms with van der Waals surface area (Å²) in [5.41, 5.74) is 0.963. The van der Waals surface area contributed by atoms with Gasteiger partial charge in [0.15, 0.2) is 0 Å². The standard InChI is InChI=1S/C16H19ClN2O3/c1-22-15(20)7-4-9-18-16(21)12-8-10-19(11-12)14-6-3-2-5-13(14)17/h2-7,12H,8-11H2,1H3,(H,18,21)/b7-4+. The molecule has 1 aromatic carbocycles. The van der Waals surface area contributed by atoms with Gasteiger partial charge in [0.2, 0.25) is 5.91 Å². The Morgan fingerprint density at radius 1 is 1.45 bits per heavy atom. The van der Waals surface area contributed by atoms with Crippen molar-refractivity contribution in [1.82, 2.24) is 5.32 Å². The maximum atomic E-state index is 12.1. The number of anilines is 1. The largest absolute Gasteiger partial charge is 0.466 e. The van der Waals surface area contributed by atoms with Gasteiger partial charge in [0, 0.05) is 25.7 Å². The van der Waals surface area contributed by atoms with Crippen molar-refractivity contribution in [3.8, 4) is 0 Å². The van der Waals surface area contributed by atoms with Crippen molar-refractivity contribution in [2.75, 3.05) is 31.6 Å². The zero-order valence-corrected chi connectivity index (χ0v) is 13.2. The highest BCUT2D eigenvalue weighted by Gasteiger charge is 2.28. The van der Waals surface area contributed by atoms with Crippen LogP contribution in [-0.2, 0) is 14.3 Å². The summed E-state index contributed by atoms with van der Waals surface area (Å²) < 4.78 is 4.47. The number of rotatable bonds is 5. The van der Waals surface area contributed by atoms with E-state index < -0.39 is 5.97 Å². The molecule has 0 radical (unpaired) electrons. The van der Waals surface area contributed by atoms with Gasteiger partial charge >= 0.3 is 5.97 Å². The molecule has 1 amide bonds. The molecule has 1 aromatic rings. The van der Waals surface area contributed by atoms with E-state index in [2.05, 4.69) is 15.0 Å². The number of para-hydroxylation sites is 1. The number of methoxy groups -OCH3 is 1. The molecule has 6 heteroatoms. The quantitative estimate of drug-likeness (QED) is 0.665. The third kappa shape index (κ3) is 4.24. The summed E-state index contributed by atoms with van der Waals surface area (Å²) in [6, 6.07) is 7.63. The molecule has 1 atom stereocenters. The van der Waals surface area contributed by atoms with Gasteiger partial charge in [0.05, 0.1) is 23.7 Å². The number of amides is 1. The van der Waals surface area contributed by atoms with Crippen molar-refractivity contribution in [3.63, 3.8) is 0 Å². The molecule has 118 valence electrons. The van der Waals surface area contributed by atoms with Crippen LogP contribution in [0.15, 0.2) is 36.4 Å².